The first-order valence-corrected chi connectivity index (χ1v) is 6.47. The van der Waals surface area contributed by atoms with Crippen molar-refractivity contribution in [2.75, 3.05) is 17.7 Å². The Bertz CT molecular complexity index is 674. The van der Waals surface area contributed by atoms with Gasteiger partial charge in [0.05, 0.1) is 29.7 Å². The molecule has 0 aliphatic heterocycles. The van der Waals surface area contributed by atoms with Gasteiger partial charge in [0.1, 0.15) is 0 Å². The lowest BCUT2D eigenvalue weighted by Gasteiger charge is -2.10. The molecule has 0 aliphatic rings. The van der Waals surface area contributed by atoms with E-state index in [9.17, 15) is 9.18 Å². The first-order chi connectivity index (χ1) is 10.0. The molecule has 110 valence electrons. The molecule has 0 spiro atoms. The summed E-state index contributed by atoms with van der Waals surface area (Å²) in [6, 6.07) is 5.78. The van der Waals surface area contributed by atoms with Crippen molar-refractivity contribution in [1.82, 2.24) is 4.98 Å². The maximum Gasteiger partial charge on any atom is 0.257 e. The van der Waals surface area contributed by atoms with Gasteiger partial charge in [0.25, 0.3) is 5.91 Å². The average molecular weight is 289 g/mol. The third kappa shape index (κ3) is 3.47. The number of anilines is 2. The van der Waals surface area contributed by atoms with Crippen LogP contribution in [-0.4, -0.2) is 17.5 Å². The summed E-state index contributed by atoms with van der Waals surface area (Å²) in [4.78, 5) is 16.2. The smallest absolute Gasteiger partial charge is 0.257 e. The van der Waals surface area contributed by atoms with E-state index in [2.05, 4.69) is 10.3 Å². The monoisotopic (exact) mass is 289 g/mol. The number of hydrogen-bond acceptors (Lipinski definition) is 4. The summed E-state index contributed by atoms with van der Waals surface area (Å²) < 4.78 is 18.8. The van der Waals surface area contributed by atoms with Crippen molar-refractivity contribution in [3.8, 4) is 5.75 Å². The summed E-state index contributed by atoms with van der Waals surface area (Å²) in [6.45, 7) is 3.84. The summed E-state index contributed by atoms with van der Waals surface area (Å²) in [7, 11) is 0. The number of nitrogens with two attached hydrogens (primary N) is 1. The van der Waals surface area contributed by atoms with Crippen LogP contribution >= 0.6 is 0 Å². The average Bonchev–Trinajstić information content (AvgIpc) is 2.44. The number of aromatic nitrogens is 1. The van der Waals surface area contributed by atoms with Gasteiger partial charge in [-0.05, 0) is 32.0 Å². The van der Waals surface area contributed by atoms with Gasteiger partial charge in [-0.25, -0.2) is 4.39 Å². The number of halogens is 1. The second kappa shape index (κ2) is 6.21. The van der Waals surface area contributed by atoms with Crippen LogP contribution in [0.15, 0.2) is 30.5 Å². The van der Waals surface area contributed by atoms with Crippen LogP contribution in [0.1, 0.15) is 23.0 Å². The van der Waals surface area contributed by atoms with Crippen LogP contribution < -0.4 is 15.8 Å². The Hall–Kier alpha value is -2.63. The number of nitrogen functional groups attached to an aromatic ring is 1. The molecule has 0 bridgehead atoms. The number of pyridine rings is 1. The maximum atomic E-state index is 13.7. The van der Waals surface area contributed by atoms with Gasteiger partial charge >= 0.3 is 0 Å². The lowest BCUT2D eigenvalue weighted by Crippen LogP contribution is -2.14. The highest BCUT2D eigenvalue weighted by Gasteiger charge is 2.12. The highest BCUT2D eigenvalue weighted by Crippen LogP contribution is 2.22. The molecule has 0 radical (unpaired) electrons. The molecular formula is C15H16FN3O2. The third-order valence-corrected chi connectivity index (χ3v) is 2.84. The van der Waals surface area contributed by atoms with Crippen LogP contribution in [-0.2, 0) is 0 Å². The molecule has 0 atom stereocenters. The highest BCUT2D eigenvalue weighted by molar-refractivity contribution is 6.05. The predicted molar refractivity (Wildman–Crippen MR) is 78.9 cm³/mol. The number of hydrogen-bond donors (Lipinski definition) is 2. The molecule has 0 saturated heterocycles. The molecule has 3 N–H and O–H groups in total. The van der Waals surface area contributed by atoms with Crippen LogP contribution in [0.4, 0.5) is 15.8 Å². The number of ether oxygens (including phenoxy) is 1. The molecule has 1 aromatic carbocycles. The highest BCUT2D eigenvalue weighted by atomic mass is 19.1. The van der Waals surface area contributed by atoms with E-state index in [0.29, 0.717) is 29.2 Å². The van der Waals surface area contributed by atoms with Gasteiger partial charge in [-0.3, -0.25) is 9.78 Å². The van der Waals surface area contributed by atoms with Gasteiger partial charge in [-0.15, -0.1) is 0 Å². The van der Waals surface area contributed by atoms with Gasteiger partial charge < -0.3 is 15.8 Å². The molecular weight excluding hydrogens is 273 g/mol. The first kappa shape index (κ1) is 14.8. The summed E-state index contributed by atoms with van der Waals surface area (Å²) in [5.74, 6) is -0.773. The van der Waals surface area contributed by atoms with E-state index in [1.54, 1.807) is 19.9 Å². The topological polar surface area (TPSA) is 77.2 Å². The lowest BCUT2D eigenvalue weighted by molar-refractivity contribution is 0.102. The molecule has 0 fully saturated rings. The summed E-state index contributed by atoms with van der Waals surface area (Å²) in [5.41, 5.74) is 7.25. The molecule has 0 saturated carbocycles. The molecule has 6 heteroatoms. The predicted octanol–water partition coefficient (Wildman–Crippen LogP) is 2.76. The SMILES string of the molecule is CCOc1ccc(NC(=O)c2cc(N)cnc2C)cc1F. The lowest BCUT2D eigenvalue weighted by atomic mass is 10.1. The largest absolute Gasteiger partial charge is 0.491 e. The quantitative estimate of drug-likeness (QED) is 0.907. The molecule has 21 heavy (non-hydrogen) atoms. The number of aryl methyl sites for hydroxylation is 1. The fourth-order valence-electron chi connectivity index (χ4n) is 1.83. The van der Waals surface area contributed by atoms with Crippen molar-refractivity contribution in [3.63, 3.8) is 0 Å². The van der Waals surface area contributed by atoms with Crippen LogP contribution in [0, 0.1) is 12.7 Å². The number of nitrogens with one attached hydrogen (secondary N) is 1. The molecule has 2 aromatic rings. The molecule has 1 amide bonds. The van der Waals surface area contributed by atoms with E-state index in [1.165, 1.54) is 24.4 Å². The molecule has 0 aliphatic carbocycles. The van der Waals surface area contributed by atoms with E-state index in [-0.39, 0.29) is 5.75 Å². The number of amides is 1. The van der Waals surface area contributed by atoms with Crippen LogP contribution in [0.25, 0.3) is 0 Å². The van der Waals surface area contributed by atoms with Crippen molar-refractivity contribution in [2.24, 2.45) is 0 Å². The number of benzene rings is 1. The number of rotatable bonds is 4. The molecule has 1 heterocycles. The Morgan fingerprint density at radius 2 is 2.19 bits per heavy atom. The first-order valence-electron chi connectivity index (χ1n) is 6.47. The number of carbonyl (C=O) groups excluding carboxylic acids is 1. The zero-order chi connectivity index (χ0) is 15.4. The van der Waals surface area contributed by atoms with Crippen LogP contribution in [0.2, 0.25) is 0 Å². The van der Waals surface area contributed by atoms with Crippen molar-refractivity contribution in [1.29, 1.82) is 0 Å². The van der Waals surface area contributed by atoms with Gasteiger partial charge in [0, 0.05) is 11.8 Å². The minimum absolute atomic E-state index is 0.150. The third-order valence-electron chi connectivity index (χ3n) is 2.84. The standard InChI is InChI=1S/C15H16FN3O2/c1-3-21-14-5-4-11(7-13(14)16)19-15(20)12-6-10(17)8-18-9(12)2/h4-8H,3,17H2,1-2H3,(H,19,20). The van der Waals surface area contributed by atoms with Crippen LogP contribution in [0.3, 0.4) is 0 Å². The fraction of sp³-hybridized carbons (Fsp3) is 0.200. The maximum absolute atomic E-state index is 13.7. The van der Waals surface area contributed by atoms with Gasteiger partial charge in [-0.2, -0.15) is 0 Å². The minimum atomic E-state index is -0.530. The molecule has 1 aromatic heterocycles. The van der Waals surface area contributed by atoms with Gasteiger partial charge in [0.2, 0.25) is 0 Å². The van der Waals surface area contributed by atoms with Crippen LogP contribution in [0.5, 0.6) is 5.75 Å². The zero-order valence-corrected chi connectivity index (χ0v) is 11.8. The Labute approximate surface area is 121 Å². The van der Waals surface area contributed by atoms with Crippen molar-refractivity contribution >= 4 is 17.3 Å². The second-order valence-electron chi connectivity index (χ2n) is 4.43. The van der Waals surface area contributed by atoms with E-state index in [0.717, 1.165) is 0 Å². The van der Waals surface area contributed by atoms with Crippen molar-refractivity contribution < 1.29 is 13.9 Å². The Balaban J connectivity index is 2.19. The van der Waals surface area contributed by atoms with Gasteiger partial charge in [-0.1, -0.05) is 0 Å². The minimum Gasteiger partial charge on any atom is -0.491 e. The summed E-state index contributed by atoms with van der Waals surface area (Å²) >= 11 is 0. The van der Waals surface area contributed by atoms with E-state index < -0.39 is 11.7 Å². The Morgan fingerprint density at radius 3 is 2.86 bits per heavy atom. The van der Waals surface area contributed by atoms with Crippen molar-refractivity contribution in [2.45, 2.75) is 13.8 Å². The zero-order valence-electron chi connectivity index (χ0n) is 11.8. The molecule has 2 rings (SSSR count). The van der Waals surface area contributed by atoms with Crippen molar-refractivity contribution in [3.05, 3.63) is 47.5 Å². The second-order valence-corrected chi connectivity index (χ2v) is 4.43. The number of carbonyl (C=O) groups is 1. The molecule has 0 unspecified atom stereocenters. The Kier molecular flexibility index (Phi) is 4.37. The van der Waals surface area contributed by atoms with E-state index in [1.807, 2.05) is 0 Å². The molecule has 5 nitrogen and oxygen atoms in total. The fourth-order valence-corrected chi connectivity index (χ4v) is 1.83. The normalized spacial score (nSPS) is 10.2. The van der Waals surface area contributed by atoms with E-state index in [4.69, 9.17) is 10.5 Å². The summed E-state index contributed by atoms with van der Waals surface area (Å²) in [5, 5.41) is 2.61. The van der Waals surface area contributed by atoms with E-state index >= 15 is 0 Å². The number of nitrogens with zero attached hydrogens (tertiary/aromatic N) is 1. The van der Waals surface area contributed by atoms with Gasteiger partial charge in [0.15, 0.2) is 11.6 Å². The summed E-state index contributed by atoms with van der Waals surface area (Å²) in [6.07, 6.45) is 1.47. The Morgan fingerprint density at radius 1 is 1.43 bits per heavy atom.